The summed E-state index contributed by atoms with van der Waals surface area (Å²) < 4.78 is 5.05. The summed E-state index contributed by atoms with van der Waals surface area (Å²) in [7, 11) is 1.60. The molecule has 0 heterocycles. The number of hydrogen-bond donors (Lipinski definition) is 1. The quantitative estimate of drug-likeness (QED) is 0.833. The van der Waals surface area contributed by atoms with E-state index >= 15 is 0 Å². The first-order valence-corrected chi connectivity index (χ1v) is 5.46. The second-order valence-electron chi connectivity index (χ2n) is 3.97. The number of carbonyl (C=O) groups is 1. The molecule has 0 saturated carbocycles. The van der Waals surface area contributed by atoms with E-state index in [4.69, 9.17) is 4.74 Å². The molecule has 0 bridgehead atoms. The second kappa shape index (κ2) is 5.54. The average molecular weight is 222 g/mol. The fourth-order valence-corrected chi connectivity index (χ4v) is 1.76. The molecule has 3 nitrogen and oxygen atoms in total. The Morgan fingerprint density at radius 2 is 1.94 bits per heavy atom. The fraction of sp³-hybridized carbons (Fsp3) is 0.462. The highest BCUT2D eigenvalue weighted by Crippen LogP contribution is 2.28. The van der Waals surface area contributed by atoms with Crippen LogP contribution in [0.2, 0.25) is 0 Å². The summed E-state index contributed by atoms with van der Waals surface area (Å²) in [5, 5.41) is 9.22. The Labute approximate surface area is 96.1 Å². The van der Waals surface area contributed by atoms with E-state index in [1.807, 2.05) is 26.0 Å². The van der Waals surface area contributed by atoms with E-state index in [9.17, 15) is 9.90 Å². The summed E-state index contributed by atoms with van der Waals surface area (Å²) in [6.07, 6.45) is 0.850. The van der Waals surface area contributed by atoms with Gasteiger partial charge in [0.15, 0.2) is 0 Å². The molecule has 1 aromatic carbocycles. The number of benzene rings is 1. The third kappa shape index (κ3) is 2.75. The normalized spacial score (nSPS) is 14.2. The summed E-state index contributed by atoms with van der Waals surface area (Å²) in [5.74, 6) is -0.321. The maximum atomic E-state index is 11.2. The lowest BCUT2D eigenvalue weighted by molar-refractivity contribution is -0.140. The van der Waals surface area contributed by atoms with Crippen LogP contribution in [-0.2, 0) is 4.79 Å². The van der Waals surface area contributed by atoms with Gasteiger partial charge in [-0.25, -0.2) is 0 Å². The molecule has 0 aromatic heterocycles. The van der Waals surface area contributed by atoms with Crippen molar-refractivity contribution in [2.75, 3.05) is 7.11 Å². The largest absolute Gasteiger partial charge is 0.497 e. The van der Waals surface area contributed by atoms with Crippen LogP contribution in [0, 0.1) is 5.92 Å². The molecule has 0 spiro atoms. The van der Waals surface area contributed by atoms with Crippen molar-refractivity contribution < 1.29 is 14.6 Å². The van der Waals surface area contributed by atoms with Crippen molar-refractivity contribution in [1.82, 2.24) is 0 Å². The minimum Gasteiger partial charge on any atom is -0.497 e. The van der Waals surface area contributed by atoms with Gasteiger partial charge in [-0.05, 0) is 23.6 Å². The van der Waals surface area contributed by atoms with Gasteiger partial charge in [0.1, 0.15) is 5.75 Å². The van der Waals surface area contributed by atoms with Crippen LogP contribution in [0.4, 0.5) is 0 Å². The zero-order chi connectivity index (χ0) is 12.1. The van der Waals surface area contributed by atoms with Gasteiger partial charge in [-0.3, -0.25) is 4.79 Å². The molecule has 2 atom stereocenters. The Kier molecular flexibility index (Phi) is 4.35. The van der Waals surface area contributed by atoms with Crippen LogP contribution in [-0.4, -0.2) is 18.2 Å². The summed E-state index contributed by atoms with van der Waals surface area (Å²) >= 11 is 0. The highest BCUT2D eigenvalue weighted by Gasteiger charge is 2.25. The first-order valence-electron chi connectivity index (χ1n) is 5.46. The zero-order valence-electron chi connectivity index (χ0n) is 9.93. The van der Waals surface area contributed by atoms with E-state index in [0.29, 0.717) is 0 Å². The Bertz CT molecular complexity index is 343. The molecule has 0 aliphatic rings. The summed E-state index contributed by atoms with van der Waals surface area (Å²) in [4.78, 5) is 11.2. The fourth-order valence-electron chi connectivity index (χ4n) is 1.76. The van der Waals surface area contributed by atoms with Gasteiger partial charge >= 0.3 is 5.97 Å². The van der Waals surface area contributed by atoms with E-state index in [1.165, 1.54) is 0 Å². The van der Waals surface area contributed by atoms with Crippen LogP contribution in [0.15, 0.2) is 24.3 Å². The number of carboxylic acid groups (broad SMARTS) is 1. The molecule has 0 fully saturated rings. The Hall–Kier alpha value is -1.51. The van der Waals surface area contributed by atoms with Gasteiger partial charge in [-0.2, -0.15) is 0 Å². The maximum absolute atomic E-state index is 11.2. The average Bonchev–Trinajstić information content (AvgIpc) is 2.29. The summed E-state index contributed by atoms with van der Waals surface area (Å²) in [6, 6.07) is 7.24. The molecule has 88 valence electrons. The van der Waals surface area contributed by atoms with Crippen LogP contribution >= 0.6 is 0 Å². The number of ether oxygens (including phenoxy) is 1. The molecule has 1 N–H and O–H groups in total. The first kappa shape index (κ1) is 12.6. The van der Waals surface area contributed by atoms with Crippen molar-refractivity contribution in [2.24, 2.45) is 5.92 Å². The van der Waals surface area contributed by atoms with Gasteiger partial charge in [0, 0.05) is 0 Å². The van der Waals surface area contributed by atoms with Crippen LogP contribution in [0.25, 0.3) is 0 Å². The number of carboxylic acids is 1. The summed E-state index contributed by atoms with van der Waals surface area (Å²) in [6.45, 7) is 3.97. The lowest BCUT2D eigenvalue weighted by Gasteiger charge is -2.19. The monoisotopic (exact) mass is 222 g/mol. The molecule has 2 unspecified atom stereocenters. The standard InChI is InChI=1S/C13H18O3/c1-4-9(2)12(13(14)15)10-5-7-11(16-3)8-6-10/h5-9,12H,4H2,1-3H3,(H,14,15). The molecule has 3 heteroatoms. The van der Waals surface area contributed by atoms with Crippen LogP contribution in [0.5, 0.6) is 5.75 Å². The van der Waals surface area contributed by atoms with Crippen molar-refractivity contribution in [2.45, 2.75) is 26.2 Å². The molecule has 1 aromatic rings. The Morgan fingerprint density at radius 3 is 2.31 bits per heavy atom. The van der Waals surface area contributed by atoms with Gasteiger partial charge in [0.05, 0.1) is 13.0 Å². The third-order valence-electron chi connectivity index (χ3n) is 2.95. The molecule has 0 aliphatic carbocycles. The van der Waals surface area contributed by atoms with E-state index in [-0.39, 0.29) is 5.92 Å². The lowest BCUT2D eigenvalue weighted by atomic mass is 9.86. The van der Waals surface area contributed by atoms with E-state index in [0.717, 1.165) is 17.7 Å². The predicted octanol–water partition coefficient (Wildman–Crippen LogP) is 2.91. The van der Waals surface area contributed by atoms with Gasteiger partial charge in [-0.15, -0.1) is 0 Å². The van der Waals surface area contributed by atoms with Gasteiger partial charge in [0.25, 0.3) is 0 Å². The zero-order valence-corrected chi connectivity index (χ0v) is 9.93. The molecule has 0 aliphatic heterocycles. The van der Waals surface area contributed by atoms with Gasteiger partial charge < -0.3 is 9.84 Å². The Balaban J connectivity index is 2.97. The van der Waals surface area contributed by atoms with Crippen LogP contribution < -0.4 is 4.74 Å². The molecule has 0 radical (unpaired) electrons. The summed E-state index contributed by atoms with van der Waals surface area (Å²) in [5.41, 5.74) is 0.836. The first-order chi connectivity index (χ1) is 7.60. The van der Waals surface area contributed by atoms with E-state index < -0.39 is 11.9 Å². The SMILES string of the molecule is CCC(C)C(C(=O)O)c1ccc(OC)cc1. The number of rotatable bonds is 5. The number of methoxy groups -OCH3 is 1. The molecular weight excluding hydrogens is 204 g/mol. The van der Waals surface area contributed by atoms with Crippen LogP contribution in [0.1, 0.15) is 31.7 Å². The van der Waals surface area contributed by atoms with Crippen molar-refractivity contribution in [3.05, 3.63) is 29.8 Å². The number of hydrogen-bond acceptors (Lipinski definition) is 2. The van der Waals surface area contributed by atoms with E-state index in [2.05, 4.69) is 0 Å². The maximum Gasteiger partial charge on any atom is 0.311 e. The Morgan fingerprint density at radius 1 is 1.38 bits per heavy atom. The highest BCUT2D eigenvalue weighted by molar-refractivity contribution is 5.76. The molecule has 0 amide bonds. The number of aliphatic carboxylic acids is 1. The van der Waals surface area contributed by atoms with Crippen molar-refractivity contribution in [3.8, 4) is 5.75 Å². The van der Waals surface area contributed by atoms with Crippen molar-refractivity contribution in [3.63, 3.8) is 0 Å². The van der Waals surface area contributed by atoms with Gasteiger partial charge in [0.2, 0.25) is 0 Å². The van der Waals surface area contributed by atoms with Crippen molar-refractivity contribution >= 4 is 5.97 Å². The minimum absolute atomic E-state index is 0.130. The molecular formula is C13H18O3. The predicted molar refractivity (Wildman–Crippen MR) is 62.8 cm³/mol. The highest BCUT2D eigenvalue weighted by atomic mass is 16.5. The third-order valence-corrected chi connectivity index (χ3v) is 2.95. The van der Waals surface area contributed by atoms with Crippen molar-refractivity contribution in [1.29, 1.82) is 0 Å². The topological polar surface area (TPSA) is 46.5 Å². The smallest absolute Gasteiger partial charge is 0.311 e. The minimum atomic E-state index is -0.764. The van der Waals surface area contributed by atoms with Crippen LogP contribution in [0.3, 0.4) is 0 Å². The molecule has 1 rings (SSSR count). The molecule has 16 heavy (non-hydrogen) atoms. The second-order valence-corrected chi connectivity index (χ2v) is 3.97. The molecule has 0 saturated heterocycles. The van der Waals surface area contributed by atoms with Gasteiger partial charge in [-0.1, -0.05) is 32.4 Å². The van der Waals surface area contributed by atoms with E-state index in [1.54, 1.807) is 19.2 Å². The lowest BCUT2D eigenvalue weighted by Crippen LogP contribution is -2.18.